The van der Waals surface area contributed by atoms with Gasteiger partial charge in [0.25, 0.3) is 0 Å². The molecule has 1 aliphatic heterocycles. The van der Waals surface area contributed by atoms with Gasteiger partial charge >= 0.3 is 17.8 Å². The summed E-state index contributed by atoms with van der Waals surface area (Å²) in [5.74, 6) is -1.51. The minimum Gasteiger partial charge on any atom is -0.269 e. The number of urea groups is 1. The van der Waals surface area contributed by atoms with Gasteiger partial charge in [-0.15, -0.1) is 0 Å². The first-order valence-electron chi connectivity index (χ1n) is 5.12. The van der Waals surface area contributed by atoms with Crippen LogP contribution in [0.5, 0.6) is 0 Å². The van der Waals surface area contributed by atoms with E-state index in [1.807, 2.05) is 19.2 Å². The molecule has 0 aromatic rings. The normalized spacial score (nSPS) is 29.9. The molecule has 5 heteroatoms. The van der Waals surface area contributed by atoms with E-state index in [1.54, 1.807) is 0 Å². The SMILES string of the molecule is CC1(C)CCCC1N1C(=O)NC(=O)C1=O. The highest BCUT2D eigenvalue weighted by Gasteiger charge is 2.48. The van der Waals surface area contributed by atoms with E-state index in [0.29, 0.717) is 0 Å². The van der Waals surface area contributed by atoms with Gasteiger partial charge in [0.15, 0.2) is 0 Å². The van der Waals surface area contributed by atoms with Crippen LogP contribution in [0.4, 0.5) is 4.79 Å². The molecule has 82 valence electrons. The van der Waals surface area contributed by atoms with Crippen molar-refractivity contribution in [3.63, 3.8) is 0 Å². The second kappa shape index (κ2) is 3.05. The molecule has 0 aromatic carbocycles. The number of hydrogen-bond donors (Lipinski definition) is 1. The van der Waals surface area contributed by atoms with Gasteiger partial charge < -0.3 is 0 Å². The summed E-state index contributed by atoms with van der Waals surface area (Å²) in [5.41, 5.74) is -0.0857. The summed E-state index contributed by atoms with van der Waals surface area (Å²) in [4.78, 5) is 35.1. The van der Waals surface area contributed by atoms with Crippen LogP contribution in [-0.2, 0) is 9.59 Å². The Morgan fingerprint density at radius 2 is 2.00 bits per heavy atom. The van der Waals surface area contributed by atoms with E-state index in [4.69, 9.17) is 0 Å². The van der Waals surface area contributed by atoms with Gasteiger partial charge in [0.05, 0.1) is 0 Å². The number of hydrogen-bond acceptors (Lipinski definition) is 3. The maximum Gasteiger partial charge on any atom is 0.331 e. The van der Waals surface area contributed by atoms with E-state index in [9.17, 15) is 14.4 Å². The fourth-order valence-corrected chi connectivity index (χ4v) is 2.48. The monoisotopic (exact) mass is 210 g/mol. The van der Waals surface area contributed by atoms with Gasteiger partial charge in [-0.3, -0.25) is 19.8 Å². The summed E-state index contributed by atoms with van der Waals surface area (Å²) in [5, 5.41) is 2.03. The molecule has 0 bridgehead atoms. The third-order valence-corrected chi connectivity index (χ3v) is 3.36. The zero-order valence-electron chi connectivity index (χ0n) is 8.87. The third-order valence-electron chi connectivity index (χ3n) is 3.36. The van der Waals surface area contributed by atoms with Gasteiger partial charge in [-0.25, -0.2) is 4.79 Å². The summed E-state index contributed by atoms with van der Waals surface area (Å²) >= 11 is 0. The molecule has 0 aromatic heterocycles. The Morgan fingerprint density at radius 3 is 2.40 bits per heavy atom. The van der Waals surface area contributed by atoms with Gasteiger partial charge in [0, 0.05) is 6.04 Å². The van der Waals surface area contributed by atoms with Crippen molar-refractivity contribution in [1.29, 1.82) is 0 Å². The van der Waals surface area contributed by atoms with Crippen LogP contribution in [0.3, 0.4) is 0 Å². The molecule has 1 N–H and O–H groups in total. The summed E-state index contributed by atoms with van der Waals surface area (Å²) in [6.45, 7) is 4.04. The highest BCUT2D eigenvalue weighted by molar-refractivity contribution is 6.44. The van der Waals surface area contributed by atoms with Crippen molar-refractivity contribution in [2.45, 2.75) is 39.2 Å². The van der Waals surface area contributed by atoms with Crippen LogP contribution in [0.1, 0.15) is 33.1 Å². The molecule has 5 nitrogen and oxygen atoms in total. The fraction of sp³-hybridized carbons (Fsp3) is 0.700. The van der Waals surface area contributed by atoms with Crippen molar-refractivity contribution in [1.82, 2.24) is 10.2 Å². The number of carbonyl (C=O) groups is 3. The van der Waals surface area contributed by atoms with Crippen molar-refractivity contribution < 1.29 is 14.4 Å². The smallest absolute Gasteiger partial charge is 0.269 e. The minimum atomic E-state index is -0.803. The summed E-state index contributed by atoms with van der Waals surface area (Å²) in [6.07, 6.45) is 2.76. The van der Waals surface area contributed by atoms with Crippen LogP contribution in [0.15, 0.2) is 0 Å². The molecule has 2 aliphatic rings. The molecular formula is C10H14N2O3. The predicted molar refractivity (Wildman–Crippen MR) is 51.8 cm³/mol. The Labute approximate surface area is 87.8 Å². The lowest BCUT2D eigenvalue weighted by atomic mass is 9.86. The zero-order chi connectivity index (χ0) is 11.2. The first kappa shape index (κ1) is 10.1. The van der Waals surface area contributed by atoms with Crippen molar-refractivity contribution in [3.8, 4) is 0 Å². The second-order valence-corrected chi connectivity index (χ2v) is 4.83. The van der Waals surface area contributed by atoms with Crippen molar-refractivity contribution in [2.24, 2.45) is 5.41 Å². The van der Waals surface area contributed by atoms with E-state index in [0.717, 1.165) is 24.2 Å². The molecular weight excluding hydrogens is 196 g/mol. The lowest BCUT2D eigenvalue weighted by Crippen LogP contribution is -2.46. The Balaban J connectivity index is 2.28. The second-order valence-electron chi connectivity index (χ2n) is 4.83. The lowest BCUT2D eigenvalue weighted by molar-refractivity contribution is -0.141. The summed E-state index contributed by atoms with van der Waals surface area (Å²) in [6, 6.07) is -0.707. The molecule has 15 heavy (non-hydrogen) atoms. The predicted octanol–water partition coefficient (Wildman–Crippen LogP) is 0.643. The Morgan fingerprint density at radius 1 is 1.33 bits per heavy atom. The quantitative estimate of drug-likeness (QED) is 0.510. The molecule has 2 fully saturated rings. The van der Waals surface area contributed by atoms with Crippen LogP contribution in [0.25, 0.3) is 0 Å². The number of nitrogens with zero attached hydrogens (tertiary/aromatic N) is 1. The molecule has 1 saturated heterocycles. The molecule has 1 saturated carbocycles. The summed E-state index contributed by atoms with van der Waals surface area (Å²) in [7, 11) is 0. The Hall–Kier alpha value is -1.39. The average molecular weight is 210 g/mol. The van der Waals surface area contributed by atoms with Gasteiger partial charge in [0.1, 0.15) is 0 Å². The van der Waals surface area contributed by atoms with E-state index >= 15 is 0 Å². The number of imide groups is 2. The van der Waals surface area contributed by atoms with Crippen LogP contribution >= 0.6 is 0 Å². The molecule has 1 heterocycles. The van der Waals surface area contributed by atoms with Crippen molar-refractivity contribution in [2.75, 3.05) is 0 Å². The third kappa shape index (κ3) is 1.42. The topological polar surface area (TPSA) is 66.5 Å². The highest BCUT2D eigenvalue weighted by Crippen LogP contribution is 2.41. The average Bonchev–Trinajstić information content (AvgIpc) is 2.56. The largest absolute Gasteiger partial charge is 0.331 e. The minimum absolute atomic E-state index is 0.0857. The highest BCUT2D eigenvalue weighted by atomic mass is 16.2. The first-order valence-corrected chi connectivity index (χ1v) is 5.12. The standard InChI is InChI=1S/C10H14N2O3/c1-10(2)5-3-4-6(10)12-8(14)7(13)11-9(12)15/h6H,3-5H2,1-2H3,(H,11,13,15). The van der Waals surface area contributed by atoms with E-state index in [2.05, 4.69) is 0 Å². The van der Waals surface area contributed by atoms with Crippen LogP contribution < -0.4 is 5.32 Å². The van der Waals surface area contributed by atoms with Crippen LogP contribution in [0, 0.1) is 5.41 Å². The molecule has 2 rings (SSSR count). The Kier molecular flexibility index (Phi) is 2.06. The maximum absolute atomic E-state index is 11.5. The molecule has 0 radical (unpaired) electrons. The molecule has 0 spiro atoms. The van der Waals surface area contributed by atoms with Gasteiger partial charge in [-0.1, -0.05) is 20.3 Å². The van der Waals surface area contributed by atoms with Gasteiger partial charge in [-0.2, -0.15) is 0 Å². The van der Waals surface area contributed by atoms with E-state index in [-0.39, 0.29) is 11.5 Å². The van der Waals surface area contributed by atoms with E-state index < -0.39 is 17.8 Å². The van der Waals surface area contributed by atoms with E-state index in [1.165, 1.54) is 0 Å². The first-order chi connectivity index (χ1) is 6.93. The van der Waals surface area contributed by atoms with Gasteiger partial charge in [-0.05, 0) is 18.3 Å². The van der Waals surface area contributed by atoms with Crippen molar-refractivity contribution >= 4 is 17.8 Å². The lowest BCUT2D eigenvalue weighted by Gasteiger charge is -2.32. The Bertz CT molecular complexity index is 349. The molecule has 1 aliphatic carbocycles. The number of amides is 4. The zero-order valence-corrected chi connectivity index (χ0v) is 8.87. The number of carbonyl (C=O) groups excluding carboxylic acids is 3. The van der Waals surface area contributed by atoms with Crippen molar-refractivity contribution in [3.05, 3.63) is 0 Å². The molecule has 1 atom stereocenters. The number of nitrogens with one attached hydrogen (secondary N) is 1. The molecule has 4 amide bonds. The van der Waals surface area contributed by atoms with Gasteiger partial charge in [0.2, 0.25) is 0 Å². The maximum atomic E-state index is 11.5. The van der Waals surface area contributed by atoms with Crippen LogP contribution in [0.2, 0.25) is 0 Å². The summed E-state index contributed by atoms with van der Waals surface area (Å²) < 4.78 is 0. The fourth-order valence-electron chi connectivity index (χ4n) is 2.48. The van der Waals surface area contributed by atoms with Crippen LogP contribution in [-0.4, -0.2) is 28.8 Å². The molecule has 1 unspecified atom stereocenters. The number of rotatable bonds is 1.